The lowest BCUT2D eigenvalue weighted by atomic mass is 10.2. The largest absolute Gasteiger partial charge is 0.369 e. The molecule has 0 radical (unpaired) electrons. The van der Waals surface area contributed by atoms with Crippen LogP contribution in [0.15, 0.2) is 10.9 Å². The van der Waals surface area contributed by atoms with Crippen LogP contribution >= 0.6 is 0 Å². The fourth-order valence-electron chi connectivity index (χ4n) is 1.50. The second-order valence-corrected chi connectivity index (χ2v) is 3.26. The van der Waals surface area contributed by atoms with Gasteiger partial charge in [0.1, 0.15) is 5.65 Å². The summed E-state index contributed by atoms with van der Waals surface area (Å²) in [6, 6.07) is 1.82. The van der Waals surface area contributed by atoms with Crippen molar-refractivity contribution in [3.8, 4) is 0 Å². The molecular formula is C9H12N4O. The average Bonchev–Trinajstić information content (AvgIpc) is 2.48. The van der Waals surface area contributed by atoms with Crippen LogP contribution in [-0.2, 0) is 6.42 Å². The first-order chi connectivity index (χ1) is 6.70. The van der Waals surface area contributed by atoms with Crippen molar-refractivity contribution in [2.75, 3.05) is 5.73 Å². The van der Waals surface area contributed by atoms with Crippen LogP contribution in [0.4, 0.5) is 5.95 Å². The van der Waals surface area contributed by atoms with Crippen molar-refractivity contribution in [3.05, 3.63) is 22.1 Å². The molecule has 0 atom stereocenters. The van der Waals surface area contributed by atoms with Gasteiger partial charge in [0.2, 0.25) is 5.95 Å². The lowest BCUT2D eigenvalue weighted by Gasteiger charge is -1.91. The van der Waals surface area contributed by atoms with E-state index in [2.05, 4.69) is 21.9 Å². The predicted molar refractivity (Wildman–Crippen MR) is 55.1 cm³/mol. The lowest BCUT2D eigenvalue weighted by molar-refractivity contribution is 0.895. The van der Waals surface area contributed by atoms with E-state index in [0.717, 1.165) is 18.5 Å². The molecule has 0 bridgehead atoms. The van der Waals surface area contributed by atoms with Gasteiger partial charge in [0.05, 0.1) is 5.39 Å². The van der Waals surface area contributed by atoms with Crippen molar-refractivity contribution < 1.29 is 0 Å². The number of aromatic nitrogens is 3. The number of rotatable bonds is 2. The Bertz CT molecular complexity index is 511. The third-order valence-electron chi connectivity index (χ3n) is 2.09. The number of hydrogen-bond donors (Lipinski definition) is 3. The Balaban J connectivity index is 2.65. The Labute approximate surface area is 80.4 Å². The van der Waals surface area contributed by atoms with Gasteiger partial charge < -0.3 is 10.7 Å². The van der Waals surface area contributed by atoms with Gasteiger partial charge in [-0.1, -0.05) is 13.3 Å². The molecule has 0 spiro atoms. The number of nitrogens with two attached hydrogens (primary N) is 1. The highest BCUT2D eigenvalue weighted by molar-refractivity contribution is 5.76. The first-order valence-electron chi connectivity index (χ1n) is 4.58. The van der Waals surface area contributed by atoms with Gasteiger partial charge in [0, 0.05) is 5.69 Å². The van der Waals surface area contributed by atoms with Gasteiger partial charge in [-0.2, -0.15) is 4.98 Å². The number of nitrogens with zero attached hydrogens (tertiary/aromatic N) is 1. The number of nitrogen functional groups attached to an aromatic ring is 1. The molecule has 0 aromatic carbocycles. The normalized spacial score (nSPS) is 10.9. The zero-order chi connectivity index (χ0) is 10.1. The van der Waals surface area contributed by atoms with Crippen LogP contribution in [0.3, 0.4) is 0 Å². The van der Waals surface area contributed by atoms with E-state index >= 15 is 0 Å². The minimum absolute atomic E-state index is 0.146. The summed E-state index contributed by atoms with van der Waals surface area (Å²) < 4.78 is 0. The molecule has 0 aliphatic carbocycles. The molecule has 2 aromatic rings. The van der Waals surface area contributed by atoms with Gasteiger partial charge in [-0.3, -0.25) is 9.78 Å². The maximum atomic E-state index is 11.4. The Morgan fingerprint density at radius 3 is 3.00 bits per heavy atom. The minimum atomic E-state index is -0.189. The van der Waals surface area contributed by atoms with Crippen LogP contribution in [0.2, 0.25) is 0 Å². The fraction of sp³-hybridized carbons (Fsp3) is 0.333. The second kappa shape index (κ2) is 3.17. The summed E-state index contributed by atoms with van der Waals surface area (Å²) in [5.41, 5.74) is 6.82. The molecule has 0 amide bonds. The highest BCUT2D eigenvalue weighted by Crippen LogP contribution is 2.10. The van der Waals surface area contributed by atoms with Crippen LogP contribution in [0.25, 0.3) is 11.0 Å². The highest BCUT2D eigenvalue weighted by Gasteiger charge is 2.05. The predicted octanol–water partition coefficient (Wildman–Crippen LogP) is 0.786. The standard InChI is InChI=1S/C9H12N4O/c1-2-3-5-4-6-7(11-5)12-9(10)13-8(6)14/h4H,2-3H2,1H3,(H4,10,11,12,13,14). The van der Waals surface area contributed by atoms with Crippen molar-refractivity contribution in [2.24, 2.45) is 0 Å². The first-order valence-corrected chi connectivity index (χ1v) is 4.58. The summed E-state index contributed by atoms with van der Waals surface area (Å²) in [4.78, 5) is 21.0. The summed E-state index contributed by atoms with van der Waals surface area (Å²) in [5, 5.41) is 0.572. The molecule has 5 nitrogen and oxygen atoms in total. The van der Waals surface area contributed by atoms with Gasteiger partial charge in [-0.25, -0.2) is 0 Å². The highest BCUT2D eigenvalue weighted by atomic mass is 16.1. The summed E-state index contributed by atoms with van der Waals surface area (Å²) in [5.74, 6) is 0.146. The van der Waals surface area contributed by atoms with Crippen molar-refractivity contribution in [2.45, 2.75) is 19.8 Å². The van der Waals surface area contributed by atoms with Crippen molar-refractivity contribution in [1.29, 1.82) is 0 Å². The molecule has 0 unspecified atom stereocenters. The summed E-state index contributed by atoms with van der Waals surface area (Å²) in [7, 11) is 0. The van der Waals surface area contributed by atoms with E-state index in [0.29, 0.717) is 11.0 Å². The number of H-pyrrole nitrogens is 2. The molecule has 2 aromatic heterocycles. The molecule has 4 N–H and O–H groups in total. The number of aryl methyl sites for hydroxylation is 1. The molecule has 74 valence electrons. The number of nitrogens with one attached hydrogen (secondary N) is 2. The lowest BCUT2D eigenvalue weighted by Crippen LogP contribution is -2.09. The molecular weight excluding hydrogens is 180 g/mol. The van der Waals surface area contributed by atoms with Gasteiger partial charge in [0.15, 0.2) is 0 Å². The minimum Gasteiger partial charge on any atom is -0.369 e. The first kappa shape index (κ1) is 8.80. The summed E-state index contributed by atoms with van der Waals surface area (Å²) in [6.45, 7) is 2.08. The number of aromatic amines is 2. The third kappa shape index (κ3) is 1.37. The van der Waals surface area contributed by atoms with Gasteiger partial charge in [-0.05, 0) is 12.5 Å². The van der Waals surface area contributed by atoms with Gasteiger partial charge in [-0.15, -0.1) is 0 Å². The van der Waals surface area contributed by atoms with E-state index in [9.17, 15) is 4.79 Å². The van der Waals surface area contributed by atoms with Crippen LogP contribution in [0.5, 0.6) is 0 Å². The Hall–Kier alpha value is -1.78. The average molecular weight is 192 g/mol. The molecule has 0 fully saturated rings. The molecule has 14 heavy (non-hydrogen) atoms. The van der Waals surface area contributed by atoms with E-state index in [1.54, 1.807) is 0 Å². The molecule has 2 rings (SSSR count). The molecule has 2 heterocycles. The quantitative estimate of drug-likeness (QED) is 0.657. The van der Waals surface area contributed by atoms with Crippen LogP contribution in [-0.4, -0.2) is 15.0 Å². The van der Waals surface area contributed by atoms with E-state index in [-0.39, 0.29) is 11.5 Å². The Morgan fingerprint density at radius 1 is 1.50 bits per heavy atom. The zero-order valence-corrected chi connectivity index (χ0v) is 7.92. The van der Waals surface area contributed by atoms with Crippen molar-refractivity contribution in [1.82, 2.24) is 15.0 Å². The maximum absolute atomic E-state index is 11.4. The van der Waals surface area contributed by atoms with Gasteiger partial charge >= 0.3 is 0 Å². The topological polar surface area (TPSA) is 87.6 Å². The SMILES string of the molecule is CCCc1cc2c(=O)[nH]c(N)nc2[nH]1. The maximum Gasteiger partial charge on any atom is 0.261 e. The smallest absolute Gasteiger partial charge is 0.261 e. The van der Waals surface area contributed by atoms with Crippen LogP contribution < -0.4 is 11.3 Å². The summed E-state index contributed by atoms with van der Waals surface area (Å²) >= 11 is 0. The second-order valence-electron chi connectivity index (χ2n) is 3.26. The molecule has 0 aliphatic heterocycles. The fourth-order valence-corrected chi connectivity index (χ4v) is 1.50. The summed E-state index contributed by atoms with van der Waals surface area (Å²) in [6.07, 6.45) is 1.94. The van der Waals surface area contributed by atoms with Crippen LogP contribution in [0, 0.1) is 0 Å². The van der Waals surface area contributed by atoms with Crippen molar-refractivity contribution in [3.63, 3.8) is 0 Å². The monoisotopic (exact) mass is 192 g/mol. The van der Waals surface area contributed by atoms with E-state index < -0.39 is 0 Å². The zero-order valence-electron chi connectivity index (χ0n) is 7.92. The Kier molecular flexibility index (Phi) is 1.99. The van der Waals surface area contributed by atoms with E-state index in [4.69, 9.17) is 5.73 Å². The van der Waals surface area contributed by atoms with Crippen molar-refractivity contribution >= 4 is 17.0 Å². The van der Waals surface area contributed by atoms with Crippen LogP contribution in [0.1, 0.15) is 19.0 Å². The molecule has 0 aliphatic rings. The Morgan fingerprint density at radius 2 is 2.29 bits per heavy atom. The molecule has 0 saturated carbocycles. The third-order valence-corrected chi connectivity index (χ3v) is 2.09. The number of hydrogen-bond acceptors (Lipinski definition) is 3. The molecule has 5 heteroatoms. The van der Waals surface area contributed by atoms with Gasteiger partial charge in [0.25, 0.3) is 5.56 Å². The van der Waals surface area contributed by atoms with E-state index in [1.807, 2.05) is 6.07 Å². The van der Waals surface area contributed by atoms with E-state index in [1.165, 1.54) is 0 Å². The molecule has 0 saturated heterocycles. The number of anilines is 1. The number of fused-ring (bicyclic) bond motifs is 1.